The first kappa shape index (κ1) is 23.2. The molecule has 7 nitrogen and oxygen atoms in total. The van der Waals surface area contributed by atoms with Crippen LogP contribution in [0, 0.1) is 0 Å². The van der Waals surface area contributed by atoms with Gasteiger partial charge in [-0.3, -0.25) is 0 Å². The molecule has 27 heavy (non-hydrogen) atoms. The normalized spacial score (nSPS) is 12.5. The largest absolute Gasteiger partial charge is 0.491 e. The van der Waals surface area contributed by atoms with E-state index in [1.807, 2.05) is 31.2 Å². The van der Waals surface area contributed by atoms with Gasteiger partial charge in [-0.1, -0.05) is 12.1 Å². The molecule has 0 saturated heterocycles. The highest BCUT2D eigenvalue weighted by Crippen LogP contribution is 2.14. The second-order valence-corrected chi connectivity index (χ2v) is 7.03. The van der Waals surface area contributed by atoms with Gasteiger partial charge in [-0.15, -0.1) is 0 Å². The summed E-state index contributed by atoms with van der Waals surface area (Å²) in [4.78, 5) is 11.8. The Balaban J connectivity index is 2.34. The van der Waals surface area contributed by atoms with Gasteiger partial charge in [0.15, 0.2) is 0 Å². The molecule has 0 aliphatic heterocycles. The van der Waals surface area contributed by atoms with Crippen molar-refractivity contribution in [2.24, 2.45) is 0 Å². The summed E-state index contributed by atoms with van der Waals surface area (Å²) in [6.45, 7) is 9.97. The molecule has 0 heterocycles. The Labute approximate surface area is 162 Å². The van der Waals surface area contributed by atoms with Gasteiger partial charge < -0.3 is 29.4 Å². The fourth-order valence-corrected chi connectivity index (χ4v) is 2.22. The predicted octanol–water partition coefficient (Wildman–Crippen LogP) is 2.55. The summed E-state index contributed by atoms with van der Waals surface area (Å²) in [7, 11) is 0. The number of ether oxygens (including phenoxy) is 4. The Morgan fingerprint density at radius 2 is 1.70 bits per heavy atom. The van der Waals surface area contributed by atoms with Crippen LogP contribution in [-0.4, -0.2) is 62.5 Å². The predicted molar refractivity (Wildman–Crippen MR) is 103 cm³/mol. The first-order valence-corrected chi connectivity index (χ1v) is 9.31. The fraction of sp³-hybridized carbons (Fsp3) is 0.650. The smallest absolute Gasteiger partial charge is 0.407 e. The van der Waals surface area contributed by atoms with E-state index in [0.29, 0.717) is 39.5 Å². The molecule has 0 aromatic heterocycles. The summed E-state index contributed by atoms with van der Waals surface area (Å²) in [5, 5.41) is 12.2. The number of carbonyl (C=O) groups excluding carboxylic acids is 1. The van der Waals surface area contributed by atoms with Crippen LogP contribution in [0.1, 0.15) is 33.3 Å². The van der Waals surface area contributed by atoms with Crippen LogP contribution >= 0.6 is 0 Å². The van der Waals surface area contributed by atoms with Crippen LogP contribution in [0.5, 0.6) is 5.75 Å². The second kappa shape index (κ2) is 12.5. The molecule has 0 radical (unpaired) electrons. The van der Waals surface area contributed by atoms with Crippen molar-refractivity contribution >= 4 is 6.09 Å². The van der Waals surface area contributed by atoms with E-state index in [0.717, 1.165) is 11.3 Å². The molecule has 0 aliphatic rings. The topological polar surface area (TPSA) is 86.3 Å². The van der Waals surface area contributed by atoms with Gasteiger partial charge in [0.2, 0.25) is 0 Å². The molecule has 154 valence electrons. The molecule has 7 heteroatoms. The van der Waals surface area contributed by atoms with E-state index in [-0.39, 0.29) is 6.61 Å². The molecule has 0 bridgehead atoms. The van der Waals surface area contributed by atoms with Gasteiger partial charge in [0.1, 0.15) is 18.0 Å². The Bertz CT molecular complexity index is 526. The average molecular weight is 383 g/mol. The molecular formula is C20H33NO6. The molecule has 1 aromatic carbocycles. The van der Waals surface area contributed by atoms with Gasteiger partial charge >= 0.3 is 6.09 Å². The Morgan fingerprint density at radius 1 is 1.07 bits per heavy atom. The van der Waals surface area contributed by atoms with Crippen LogP contribution in [0.2, 0.25) is 0 Å². The molecule has 0 unspecified atom stereocenters. The lowest BCUT2D eigenvalue weighted by Gasteiger charge is -2.22. The maximum atomic E-state index is 11.8. The number of rotatable bonds is 12. The van der Waals surface area contributed by atoms with E-state index in [1.54, 1.807) is 20.8 Å². The molecule has 1 rings (SSSR count). The third-order valence-electron chi connectivity index (χ3n) is 3.42. The quantitative estimate of drug-likeness (QED) is 0.540. The van der Waals surface area contributed by atoms with E-state index in [1.165, 1.54) is 0 Å². The minimum atomic E-state index is -0.574. The Hall–Kier alpha value is -1.83. The summed E-state index contributed by atoms with van der Waals surface area (Å²) >= 11 is 0. The van der Waals surface area contributed by atoms with Crippen LogP contribution < -0.4 is 10.1 Å². The van der Waals surface area contributed by atoms with Crippen LogP contribution in [0.25, 0.3) is 0 Å². The zero-order valence-electron chi connectivity index (χ0n) is 16.8. The minimum absolute atomic E-state index is 0.170. The van der Waals surface area contributed by atoms with Crippen LogP contribution in [-0.2, 0) is 20.6 Å². The van der Waals surface area contributed by atoms with Gasteiger partial charge in [0.25, 0.3) is 0 Å². The van der Waals surface area contributed by atoms with E-state index in [9.17, 15) is 9.90 Å². The van der Waals surface area contributed by atoms with Gasteiger partial charge in [-0.2, -0.15) is 0 Å². The third kappa shape index (κ3) is 11.5. The van der Waals surface area contributed by atoms with Crippen molar-refractivity contribution in [1.82, 2.24) is 5.32 Å². The summed E-state index contributed by atoms with van der Waals surface area (Å²) < 4.78 is 21.4. The number of hydrogen-bond donors (Lipinski definition) is 2. The first-order chi connectivity index (χ1) is 12.8. The summed E-state index contributed by atoms with van der Waals surface area (Å²) in [5.74, 6) is 0.743. The van der Waals surface area contributed by atoms with E-state index >= 15 is 0 Å². The van der Waals surface area contributed by atoms with Gasteiger partial charge in [-0.05, 0) is 51.8 Å². The molecule has 1 aromatic rings. The van der Waals surface area contributed by atoms with Crippen molar-refractivity contribution in [2.45, 2.75) is 45.8 Å². The number of carbonyl (C=O) groups is 1. The Kier molecular flexibility index (Phi) is 10.8. The molecule has 0 fully saturated rings. The highest BCUT2D eigenvalue weighted by atomic mass is 16.6. The van der Waals surface area contributed by atoms with Crippen LogP contribution in [0.4, 0.5) is 4.79 Å². The minimum Gasteiger partial charge on any atom is -0.491 e. The summed E-state index contributed by atoms with van der Waals surface area (Å²) in [6, 6.07) is 7.12. The van der Waals surface area contributed by atoms with Gasteiger partial charge in [0, 0.05) is 6.61 Å². The number of amides is 1. The summed E-state index contributed by atoms with van der Waals surface area (Å²) in [6.07, 6.45) is -0.0397. The maximum absolute atomic E-state index is 11.8. The lowest BCUT2D eigenvalue weighted by Crippen LogP contribution is -2.42. The molecule has 1 amide bonds. The van der Waals surface area contributed by atoms with Crippen molar-refractivity contribution in [3.8, 4) is 5.75 Å². The van der Waals surface area contributed by atoms with Crippen molar-refractivity contribution in [1.29, 1.82) is 0 Å². The zero-order valence-corrected chi connectivity index (χ0v) is 16.8. The lowest BCUT2D eigenvalue weighted by atomic mass is 10.1. The van der Waals surface area contributed by atoms with E-state index in [2.05, 4.69) is 5.32 Å². The molecule has 1 atom stereocenters. The van der Waals surface area contributed by atoms with Crippen molar-refractivity contribution in [2.75, 3.05) is 39.6 Å². The van der Waals surface area contributed by atoms with Crippen LogP contribution in [0.3, 0.4) is 0 Å². The maximum Gasteiger partial charge on any atom is 0.407 e. The lowest BCUT2D eigenvalue weighted by molar-refractivity contribution is 0.0405. The third-order valence-corrected chi connectivity index (χ3v) is 3.42. The average Bonchev–Trinajstić information content (AvgIpc) is 2.60. The highest BCUT2D eigenvalue weighted by Gasteiger charge is 2.19. The molecular weight excluding hydrogens is 350 g/mol. The van der Waals surface area contributed by atoms with Gasteiger partial charge in [0.05, 0.1) is 32.5 Å². The number of alkyl carbamates (subject to hydrolysis) is 1. The van der Waals surface area contributed by atoms with Crippen LogP contribution in [0.15, 0.2) is 24.3 Å². The van der Waals surface area contributed by atoms with Gasteiger partial charge in [-0.25, -0.2) is 4.79 Å². The highest BCUT2D eigenvalue weighted by molar-refractivity contribution is 5.68. The van der Waals surface area contributed by atoms with E-state index < -0.39 is 17.7 Å². The monoisotopic (exact) mass is 383 g/mol. The number of hydrogen-bond acceptors (Lipinski definition) is 6. The SMILES string of the molecule is CCOCCOCCOc1ccc(C[C@@H](CO)NC(=O)OC(C)(C)C)cc1. The standard InChI is InChI=1S/C20H33NO6/c1-5-24-10-11-25-12-13-26-18-8-6-16(7-9-18)14-17(15-22)21-19(23)27-20(2,3)4/h6-9,17,22H,5,10-15H2,1-4H3,(H,21,23)/t17-/m0/s1. The molecule has 2 N–H and O–H groups in total. The number of aliphatic hydroxyl groups excluding tert-OH is 1. The molecule has 0 spiro atoms. The summed E-state index contributed by atoms with van der Waals surface area (Å²) in [5.41, 5.74) is 0.404. The van der Waals surface area contributed by atoms with E-state index in [4.69, 9.17) is 18.9 Å². The zero-order chi connectivity index (χ0) is 20.1. The molecule has 0 aliphatic carbocycles. The van der Waals surface area contributed by atoms with Crippen molar-refractivity contribution < 1.29 is 28.8 Å². The van der Waals surface area contributed by atoms with Crippen molar-refractivity contribution in [3.63, 3.8) is 0 Å². The number of nitrogens with one attached hydrogen (secondary N) is 1. The number of aliphatic hydroxyl groups is 1. The second-order valence-electron chi connectivity index (χ2n) is 7.03. The van der Waals surface area contributed by atoms with Crippen molar-refractivity contribution in [3.05, 3.63) is 29.8 Å². The first-order valence-electron chi connectivity index (χ1n) is 9.31. The Morgan fingerprint density at radius 3 is 2.30 bits per heavy atom. The number of benzene rings is 1. The molecule has 0 saturated carbocycles. The fourth-order valence-electron chi connectivity index (χ4n) is 2.22.